The fourth-order valence-corrected chi connectivity index (χ4v) is 7.60. The van der Waals surface area contributed by atoms with Gasteiger partial charge in [0.15, 0.2) is 5.58 Å². The van der Waals surface area contributed by atoms with Gasteiger partial charge in [-0.3, -0.25) is 0 Å². The average molecular weight is 612 g/mol. The summed E-state index contributed by atoms with van der Waals surface area (Å²) in [5.74, 6) is 0. The minimum Gasteiger partial charge on any atom is -0.454 e. The molecule has 0 fully saturated rings. The number of rotatable bonds is 4. The molecule has 1 heterocycles. The molecule has 1 aromatic heterocycles. The predicted octanol–water partition coefficient (Wildman–Crippen LogP) is 13.3. The number of hydrogen-bond donors (Lipinski definition) is 0. The molecule has 0 saturated heterocycles. The lowest BCUT2D eigenvalue weighted by atomic mass is 9.94. The molecule has 0 spiro atoms. The third kappa shape index (κ3) is 4.06. The Labute approximate surface area is 277 Å². The van der Waals surface area contributed by atoms with Crippen LogP contribution in [0.15, 0.2) is 180 Å². The molecule has 0 bridgehead atoms. The molecule has 2 heteroatoms. The van der Waals surface area contributed by atoms with Crippen LogP contribution in [-0.2, 0) is 0 Å². The molecule has 224 valence electrons. The van der Waals surface area contributed by atoms with Gasteiger partial charge >= 0.3 is 0 Å². The molecule has 48 heavy (non-hydrogen) atoms. The van der Waals surface area contributed by atoms with Crippen molar-refractivity contribution < 1.29 is 4.42 Å². The average Bonchev–Trinajstić information content (AvgIpc) is 3.56. The molecule has 0 saturated carbocycles. The first kappa shape index (κ1) is 26.8. The molecule has 2 nitrogen and oxygen atoms in total. The van der Waals surface area contributed by atoms with E-state index in [4.69, 9.17) is 4.42 Å². The quantitative estimate of drug-likeness (QED) is 0.184. The van der Waals surface area contributed by atoms with Crippen LogP contribution in [0.3, 0.4) is 0 Å². The lowest BCUT2D eigenvalue weighted by Gasteiger charge is -2.29. The Morgan fingerprint density at radius 1 is 0.354 bits per heavy atom. The maximum absolute atomic E-state index is 6.85. The summed E-state index contributed by atoms with van der Waals surface area (Å²) in [6.45, 7) is 0. The highest BCUT2D eigenvalue weighted by Crippen LogP contribution is 2.49. The number of benzene rings is 9. The van der Waals surface area contributed by atoms with E-state index >= 15 is 0 Å². The Morgan fingerprint density at radius 3 is 1.69 bits per heavy atom. The van der Waals surface area contributed by atoms with Crippen LogP contribution in [-0.4, -0.2) is 0 Å². The van der Waals surface area contributed by atoms with E-state index in [0.717, 1.165) is 39.0 Å². The predicted molar refractivity (Wildman–Crippen MR) is 204 cm³/mol. The first-order valence-corrected chi connectivity index (χ1v) is 16.4. The van der Waals surface area contributed by atoms with Crippen LogP contribution in [0.1, 0.15) is 0 Å². The van der Waals surface area contributed by atoms with Gasteiger partial charge in [0, 0.05) is 21.8 Å². The van der Waals surface area contributed by atoms with Crippen molar-refractivity contribution >= 4 is 82.1 Å². The van der Waals surface area contributed by atoms with Crippen molar-refractivity contribution in [3.63, 3.8) is 0 Å². The minimum absolute atomic E-state index is 0.878. The first-order chi connectivity index (χ1) is 23.8. The summed E-state index contributed by atoms with van der Waals surface area (Å²) in [5.41, 5.74) is 7.34. The van der Waals surface area contributed by atoms with Crippen molar-refractivity contribution in [2.45, 2.75) is 0 Å². The van der Waals surface area contributed by atoms with Crippen molar-refractivity contribution in [2.75, 3.05) is 4.90 Å². The van der Waals surface area contributed by atoms with Crippen molar-refractivity contribution in [1.29, 1.82) is 0 Å². The van der Waals surface area contributed by atoms with Crippen LogP contribution in [0.25, 0.3) is 76.2 Å². The van der Waals surface area contributed by atoms with E-state index in [1.165, 1.54) is 54.2 Å². The van der Waals surface area contributed by atoms with Gasteiger partial charge in [-0.2, -0.15) is 0 Å². The molecular weight excluding hydrogens is 583 g/mol. The molecule has 10 aromatic rings. The zero-order chi connectivity index (χ0) is 31.6. The minimum atomic E-state index is 0.878. The van der Waals surface area contributed by atoms with Crippen LogP contribution < -0.4 is 4.90 Å². The van der Waals surface area contributed by atoms with Gasteiger partial charge in [-0.25, -0.2) is 0 Å². The molecule has 0 aliphatic rings. The van der Waals surface area contributed by atoms with Crippen molar-refractivity contribution in [3.8, 4) is 11.1 Å². The number of anilines is 3. The fourth-order valence-electron chi connectivity index (χ4n) is 7.60. The molecular formula is C46H29NO. The van der Waals surface area contributed by atoms with Crippen LogP contribution in [0.2, 0.25) is 0 Å². The lowest BCUT2D eigenvalue weighted by Crippen LogP contribution is -2.11. The third-order valence-electron chi connectivity index (χ3n) is 9.79. The van der Waals surface area contributed by atoms with Gasteiger partial charge in [0.25, 0.3) is 0 Å². The third-order valence-corrected chi connectivity index (χ3v) is 9.79. The van der Waals surface area contributed by atoms with Crippen molar-refractivity contribution in [1.82, 2.24) is 0 Å². The number of nitrogens with zero attached hydrogens (tertiary/aromatic N) is 1. The Balaban J connectivity index is 1.37. The van der Waals surface area contributed by atoms with Gasteiger partial charge in [0.1, 0.15) is 5.58 Å². The smallest absolute Gasteiger partial charge is 0.160 e. The molecule has 0 N–H and O–H groups in total. The highest BCUT2D eigenvalue weighted by molar-refractivity contribution is 6.26. The largest absolute Gasteiger partial charge is 0.454 e. The summed E-state index contributed by atoms with van der Waals surface area (Å²) in [5, 5.41) is 12.0. The van der Waals surface area contributed by atoms with Gasteiger partial charge < -0.3 is 9.32 Å². The van der Waals surface area contributed by atoms with Crippen LogP contribution in [0.4, 0.5) is 17.1 Å². The second kappa shape index (κ2) is 10.6. The van der Waals surface area contributed by atoms with Gasteiger partial charge in [-0.05, 0) is 79.2 Å². The Hall–Kier alpha value is -6.38. The number of fused-ring (bicyclic) bond motifs is 10. The molecule has 10 rings (SSSR count). The van der Waals surface area contributed by atoms with Gasteiger partial charge in [-0.1, -0.05) is 146 Å². The highest BCUT2D eigenvalue weighted by Gasteiger charge is 2.24. The van der Waals surface area contributed by atoms with E-state index in [2.05, 4.69) is 181 Å². The maximum atomic E-state index is 6.85. The fraction of sp³-hybridized carbons (Fsp3) is 0. The van der Waals surface area contributed by atoms with Crippen molar-refractivity contribution in [3.05, 3.63) is 176 Å². The van der Waals surface area contributed by atoms with E-state index < -0.39 is 0 Å². The van der Waals surface area contributed by atoms with E-state index in [1.807, 2.05) is 0 Å². The zero-order valence-corrected chi connectivity index (χ0v) is 26.1. The number of furan rings is 1. The summed E-state index contributed by atoms with van der Waals surface area (Å²) < 4.78 is 6.85. The summed E-state index contributed by atoms with van der Waals surface area (Å²) in [7, 11) is 0. The van der Waals surface area contributed by atoms with Crippen LogP contribution in [0, 0.1) is 0 Å². The van der Waals surface area contributed by atoms with Gasteiger partial charge in [0.2, 0.25) is 0 Å². The van der Waals surface area contributed by atoms with Crippen LogP contribution >= 0.6 is 0 Å². The second-order valence-corrected chi connectivity index (χ2v) is 12.5. The lowest BCUT2D eigenvalue weighted by molar-refractivity contribution is 0.669. The first-order valence-electron chi connectivity index (χ1n) is 16.4. The topological polar surface area (TPSA) is 16.4 Å². The summed E-state index contributed by atoms with van der Waals surface area (Å²) in [6.07, 6.45) is 0. The summed E-state index contributed by atoms with van der Waals surface area (Å²) in [4.78, 5) is 2.42. The molecule has 0 unspecified atom stereocenters. The normalized spacial score (nSPS) is 11.8. The van der Waals surface area contributed by atoms with Crippen molar-refractivity contribution in [2.24, 2.45) is 0 Å². The summed E-state index contributed by atoms with van der Waals surface area (Å²) >= 11 is 0. The Bertz CT molecular complexity index is 2830. The molecule has 9 aromatic carbocycles. The monoisotopic (exact) mass is 611 g/mol. The van der Waals surface area contributed by atoms with E-state index in [0.29, 0.717) is 0 Å². The SMILES string of the molecule is c1ccc(-c2ccc(N(c3cc4ccccc4c4c3oc3ccccc34)c3cc4ccccc4c4ccc5ccccc5c34)cc2)cc1. The summed E-state index contributed by atoms with van der Waals surface area (Å²) in [6, 6.07) is 63.3. The molecule has 0 atom stereocenters. The highest BCUT2D eigenvalue weighted by atomic mass is 16.3. The number of para-hydroxylation sites is 1. The van der Waals surface area contributed by atoms with E-state index in [1.54, 1.807) is 0 Å². The zero-order valence-electron chi connectivity index (χ0n) is 26.1. The van der Waals surface area contributed by atoms with E-state index in [9.17, 15) is 0 Å². The Kier molecular flexibility index (Phi) is 5.91. The van der Waals surface area contributed by atoms with Crippen LogP contribution in [0.5, 0.6) is 0 Å². The number of hydrogen-bond acceptors (Lipinski definition) is 2. The standard InChI is InChI=1S/C46H29NO/c1-2-12-30(13-3-1)31-22-25-35(26-23-31)47(42-29-34-16-6-9-19-38(34)45-40-20-10-11-21-43(40)48-46(42)45)41-28-33-15-5-7-17-36(33)39-27-24-32-14-4-8-18-37(32)44(39)41/h1-29H. The molecule has 0 amide bonds. The molecule has 0 radical (unpaired) electrons. The molecule has 0 aliphatic heterocycles. The second-order valence-electron chi connectivity index (χ2n) is 12.5. The van der Waals surface area contributed by atoms with Gasteiger partial charge in [-0.15, -0.1) is 0 Å². The Morgan fingerprint density at radius 2 is 0.917 bits per heavy atom. The molecule has 0 aliphatic carbocycles. The van der Waals surface area contributed by atoms with E-state index in [-0.39, 0.29) is 0 Å². The van der Waals surface area contributed by atoms with Gasteiger partial charge in [0.05, 0.1) is 11.4 Å². The maximum Gasteiger partial charge on any atom is 0.160 e.